The van der Waals surface area contributed by atoms with E-state index in [0.29, 0.717) is 23.7 Å². The number of hydrogen-bond donors (Lipinski definition) is 1. The number of nitrogens with zero attached hydrogens (tertiary/aromatic N) is 1. The van der Waals surface area contributed by atoms with Crippen molar-refractivity contribution in [3.05, 3.63) is 53.1 Å². The quantitative estimate of drug-likeness (QED) is 0.731. The molecule has 0 aliphatic rings. The number of alkyl halides is 3. The summed E-state index contributed by atoms with van der Waals surface area (Å²) in [5.74, 6) is 0.915. The van der Waals surface area contributed by atoms with Crippen LogP contribution in [0.4, 0.5) is 18.9 Å². The zero-order chi connectivity index (χ0) is 21.8. The Morgan fingerprint density at radius 3 is 2.17 bits per heavy atom. The summed E-state index contributed by atoms with van der Waals surface area (Å²) in [4.78, 5) is 14.4. The van der Waals surface area contributed by atoms with Crippen LogP contribution in [0.25, 0.3) is 0 Å². The lowest BCUT2D eigenvalue weighted by Gasteiger charge is -2.25. The number of carbonyl (C=O) groups is 1. The third-order valence-corrected chi connectivity index (χ3v) is 4.78. The van der Waals surface area contributed by atoms with Gasteiger partial charge in [-0.05, 0) is 68.4 Å². The second-order valence-corrected chi connectivity index (χ2v) is 6.79. The van der Waals surface area contributed by atoms with Crippen LogP contribution in [0.3, 0.4) is 0 Å². The first-order chi connectivity index (χ1) is 13.6. The van der Waals surface area contributed by atoms with E-state index in [9.17, 15) is 18.0 Å². The number of hydrogen-bond acceptors (Lipinski definition) is 4. The minimum atomic E-state index is -4.41. The molecule has 2 rings (SSSR count). The third-order valence-electron chi connectivity index (χ3n) is 4.78. The van der Waals surface area contributed by atoms with Crippen LogP contribution in [-0.4, -0.2) is 38.1 Å². The van der Waals surface area contributed by atoms with E-state index in [4.69, 9.17) is 9.47 Å². The molecule has 0 radical (unpaired) electrons. The predicted molar refractivity (Wildman–Crippen MR) is 105 cm³/mol. The van der Waals surface area contributed by atoms with Gasteiger partial charge in [0, 0.05) is 12.2 Å². The van der Waals surface area contributed by atoms with Gasteiger partial charge in [0.05, 0.1) is 25.8 Å². The monoisotopic (exact) mass is 410 g/mol. The van der Waals surface area contributed by atoms with Crippen molar-refractivity contribution in [3.8, 4) is 11.5 Å². The maximum absolute atomic E-state index is 12.6. The number of rotatable bonds is 7. The Kier molecular flexibility index (Phi) is 7.13. The predicted octanol–water partition coefficient (Wildman–Crippen LogP) is 4.49. The van der Waals surface area contributed by atoms with Crippen LogP contribution in [0.1, 0.15) is 23.6 Å². The van der Waals surface area contributed by atoms with Crippen LogP contribution < -0.4 is 14.8 Å². The highest BCUT2D eigenvalue weighted by atomic mass is 19.4. The number of aryl methyl sites for hydroxylation is 1. The van der Waals surface area contributed by atoms with Crippen molar-refractivity contribution in [3.63, 3.8) is 0 Å². The van der Waals surface area contributed by atoms with Crippen molar-refractivity contribution < 1.29 is 27.4 Å². The molecule has 0 bridgehead atoms. The fourth-order valence-corrected chi connectivity index (χ4v) is 2.79. The molecule has 0 fully saturated rings. The molecule has 0 heterocycles. The van der Waals surface area contributed by atoms with Gasteiger partial charge in [-0.15, -0.1) is 0 Å². The SMILES string of the molecule is COc1cc(C)c(CN(C)[C@H](C)C(=O)Nc2ccc(C(F)(F)F)cc2)cc1OC. The van der Waals surface area contributed by atoms with Gasteiger partial charge >= 0.3 is 6.18 Å². The number of likely N-dealkylation sites (N-methyl/N-ethyl adjacent to an activating group) is 1. The smallest absolute Gasteiger partial charge is 0.416 e. The molecule has 29 heavy (non-hydrogen) atoms. The van der Waals surface area contributed by atoms with Crippen molar-refractivity contribution in [1.82, 2.24) is 4.90 Å². The van der Waals surface area contributed by atoms with Gasteiger partial charge in [0.2, 0.25) is 5.91 Å². The van der Waals surface area contributed by atoms with E-state index in [-0.39, 0.29) is 5.91 Å². The van der Waals surface area contributed by atoms with Gasteiger partial charge in [-0.3, -0.25) is 9.69 Å². The first-order valence-electron chi connectivity index (χ1n) is 8.96. The number of carbonyl (C=O) groups excluding carboxylic acids is 1. The van der Waals surface area contributed by atoms with Crippen LogP contribution in [-0.2, 0) is 17.5 Å². The Morgan fingerprint density at radius 2 is 1.66 bits per heavy atom. The summed E-state index contributed by atoms with van der Waals surface area (Å²) in [6, 6.07) is 7.59. The van der Waals surface area contributed by atoms with Crippen molar-refractivity contribution in [2.45, 2.75) is 32.6 Å². The molecule has 1 N–H and O–H groups in total. The van der Waals surface area contributed by atoms with Gasteiger partial charge in [-0.2, -0.15) is 13.2 Å². The van der Waals surface area contributed by atoms with Gasteiger partial charge < -0.3 is 14.8 Å². The van der Waals surface area contributed by atoms with Crippen LogP contribution in [0.15, 0.2) is 36.4 Å². The maximum atomic E-state index is 12.6. The van der Waals surface area contributed by atoms with Gasteiger partial charge in [0.15, 0.2) is 11.5 Å². The van der Waals surface area contributed by atoms with Crippen LogP contribution in [0, 0.1) is 6.92 Å². The average Bonchev–Trinajstić information content (AvgIpc) is 2.68. The molecule has 0 unspecified atom stereocenters. The Hall–Kier alpha value is -2.74. The molecule has 5 nitrogen and oxygen atoms in total. The summed E-state index contributed by atoms with van der Waals surface area (Å²) >= 11 is 0. The summed E-state index contributed by atoms with van der Waals surface area (Å²) in [5.41, 5.74) is 1.51. The van der Waals surface area contributed by atoms with E-state index in [1.807, 2.05) is 24.0 Å². The van der Waals surface area contributed by atoms with E-state index >= 15 is 0 Å². The summed E-state index contributed by atoms with van der Waals surface area (Å²) in [6.07, 6.45) is -4.41. The second-order valence-electron chi connectivity index (χ2n) is 6.79. The maximum Gasteiger partial charge on any atom is 0.416 e. The minimum absolute atomic E-state index is 0.311. The standard InChI is InChI=1S/C21H25F3N2O3/c1-13-10-18(28-4)19(29-5)11-15(13)12-26(3)14(2)20(27)25-17-8-6-16(7-9-17)21(22,23)24/h6-11,14H,12H2,1-5H3,(H,25,27)/t14-/m1/s1. The first-order valence-corrected chi connectivity index (χ1v) is 8.96. The summed E-state index contributed by atoms with van der Waals surface area (Å²) < 4.78 is 48.6. The summed E-state index contributed by atoms with van der Waals surface area (Å²) in [6.45, 7) is 4.15. The Bertz CT molecular complexity index is 851. The van der Waals surface area contributed by atoms with E-state index < -0.39 is 17.8 Å². The summed E-state index contributed by atoms with van der Waals surface area (Å²) in [5, 5.41) is 2.65. The molecule has 2 aromatic rings. The number of ether oxygens (including phenoxy) is 2. The molecular formula is C21H25F3N2O3. The van der Waals surface area contributed by atoms with Crippen LogP contribution in [0.2, 0.25) is 0 Å². The Labute approximate surface area is 168 Å². The number of methoxy groups -OCH3 is 2. The molecule has 1 amide bonds. The second kappa shape index (κ2) is 9.17. The lowest BCUT2D eigenvalue weighted by molar-refractivity contribution is -0.137. The van der Waals surface area contributed by atoms with Crippen molar-refractivity contribution in [2.75, 3.05) is 26.6 Å². The zero-order valence-corrected chi connectivity index (χ0v) is 17.1. The lowest BCUT2D eigenvalue weighted by Crippen LogP contribution is -2.39. The van der Waals surface area contributed by atoms with Crippen molar-refractivity contribution >= 4 is 11.6 Å². The number of amides is 1. The minimum Gasteiger partial charge on any atom is -0.493 e. The number of nitrogens with one attached hydrogen (secondary N) is 1. The number of anilines is 1. The molecule has 158 valence electrons. The average molecular weight is 410 g/mol. The normalized spacial score (nSPS) is 12.6. The fourth-order valence-electron chi connectivity index (χ4n) is 2.79. The molecule has 0 aliphatic carbocycles. The Morgan fingerprint density at radius 1 is 1.10 bits per heavy atom. The molecule has 0 saturated carbocycles. The van der Waals surface area contributed by atoms with Crippen LogP contribution in [0.5, 0.6) is 11.5 Å². The van der Waals surface area contributed by atoms with Crippen LogP contribution >= 0.6 is 0 Å². The van der Waals surface area contributed by atoms with Crippen molar-refractivity contribution in [1.29, 1.82) is 0 Å². The number of benzene rings is 2. The highest BCUT2D eigenvalue weighted by Gasteiger charge is 2.30. The molecule has 0 saturated heterocycles. The van der Waals surface area contributed by atoms with Gasteiger partial charge in [0.1, 0.15) is 0 Å². The van der Waals surface area contributed by atoms with E-state index in [0.717, 1.165) is 23.3 Å². The molecule has 0 aromatic heterocycles. The van der Waals surface area contributed by atoms with E-state index in [1.165, 1.54) is 12.1 Å². The molecule has 0 spiro atoms. The van der Waals surface area contributed by atoms with Gasteiger partial charge in [-0.1, -0.05) is 0 Å². The fraction of sp³-hybridized carbons (Fsp3) is 0.381. The van der Waals surface area contributed by atoms with E-state index in [2.05, 4.69) is 5.32 Å². The molecular weight excluding hydrogens is 385 g/mol. The molecule has 0 aliphatic heterocycles. The van der Waals surface area contributed by atoms with E-state index in [1.54, 1.807) is 28.2 Å². The number of halogens is 3. The zero-order valence-electron chi connectivity index (χ0n) is 17.1. The molecule has 1 atom stereocenters. The topological polar surface area (TPSA) is 50.8 Å². The molecule has 8 heteroatoms. The van der Waals surface area contributed by atoms with Gasteiger partial charge in [-0.25, -0.2) is 0 Å². The first kappa shape index (κ1) is 22.5. The molecule has 2 aromatic carbocycles. The third kappa shape index (κ3) is 5.63. The van der Waals surface area contributed by atoms with Crippen molar-refractivity contribution in [2.24, 2.45) is 0 Å². The Balaban J connectivity index is 2.06. The highest BCUT2D eigenvalue weighted by Crippen LogP contribution is 2.31. The lowest BCUT2D eigenvalue weighted by atomic mass is 10.1. The van der Waals surface area contributed by atoms with Gasteiger partial charge in [0.25, 0.3) is 0 Å². The largest absolute Gasteiger partial charge is 0.493 e. The summed E-state index contributed by atoms with van der Waals surface area (Å²) in [7, 11) is 4.92. The highest BCUT2D eigenvalue weighted by molar-refractivity contribution is 5.94.